The van der Waals surface area contributed by atoms with Crippen molar-refractivity contribution in [3.8, 4) is 17.3 Å². The molecule has 168 valence electrons. The van der Waals surface area contributed by atoms with Gasteiger partial charge in [-0.15, -0.1) is 11.3 Å². The lowest BCUT2D eigenvalue weighted by Gasteiger charge is -2.33. The van der Waals surface area contributed by atoms with Crippen LogP contribution in [-0.2, 0) is 10.3 Å². The molecule has 1 saturated carbocycles. The maximum atomic E-state index is 14.9. The third kappa shape index (κ3) is 4.07. The van der Waals surface area contributed by atoms with Crippen molar-refractivity contribution >= 4 is 34.0 Å². The van der Waals surface area contributed by atoms with Crippen molar-refractivity contribution in [2.45, 2.75) is 24.8 Å². The summed E-state index contributed by atoms with van der Waals surface area (Å²) >= 11 is 1.19. The van der Waals surface area contributed by atoms with Crippen molar-refractivity contribution in [1.29, 1.82) is 5.26 Å². The predicted molar refractivity (Wildman–Crippen MR) is 123 cm³/mol. The second kappa shape index (κ2) is 8.33. The van der Waals surface area contributed by atoms with Gasteiger partial charge in [-0.25, -0.2) is 9.37 Å². The van der Waals surface area contributed by atoms with Crippen LogP contribution in [0.3, 0.4) is 0 Å². The summed E-state index contributed by atoms with van der Waals surface area (Å²) in [7, 11) is 0. The molecule has 2 N–H and O–H groups in total. The molecule has 1 aromatic carbocycles. The van der Waals surface area contributed by atoms with Gasteiger partial charge in [-0.05, 0) is 37.5 Å². The van der Waals surface area contributed by atoms with Gasteiger partial charge in [0.1, 0.15) is 5.54 Å². The topological polar surface area (TPSA) is 103 Å². The number of nitrogens with one attached hydrogen (secondary N) is 2. The van der Waals surface area contributed by atoms with E-state index < -0.39 is 17.4 Å². The van der Waals surface area contributed by atoms with Crippen molar-refractivity contribution in [2.24, 2.45) is 0 Å². The summed E-state index contributed by atoms with van der Waals surface area (Å²) in [6, 6.07) is 9.12. The first-order chi connectivity index (χ1) is 16.0. The highest BCUT2D eigenvalue weighted by Gasteiger charge is 2.45. The van der Waals surface area contributed by atoms with Gasteiger partial charge in [-0.1, -0.05) is 6.07 Å². The average molecular weight is 465 g/mol. The second-order valence-corrected chi connectivity index (χ2v) is 9.06. The Morgan fingerprint density at radius 2 is 2.09 bits per heavy atom. The molecule has 3 aromatic rings. The third-order valence-electron chi connectivity index (χ3n) is 5.99. The number of benzene rings is 1. The zero-order valence-corrected chi connectivity index (χ0v) is 18.5. The standard InChI is InChI=1S/C23H21FN6O2S/c24-20-16(3-1-4-18(20)29-8-2-9-29)17-13-33-22(27-17)28-19(31)11-26-21(32)15-5-10-30(12-15)23(14-25)6-7-23/h1,3-5,10,12-13H,2,6-9,11H2,(H,26,32)(H,27,28,31). The molecule has 0 radical (unpaired) electrons. The van der Waals surface area contributed by atoms with E-state index in [0.717, 1.165) is 32.4 Å². The molecular weight excluding hydrogens is 443 g/mol. The smallest absolute Gasteiger partial charge is 0.253 e. The Labute approximate surface area is 193 Å². The summed E-state index contributed by atoms with van der Waals surface area (Å²) in [6.45, 7) is 1.45. The number of nitriles is 1. The van der Waals surface area contributed by atoms with Gasteiger partial charge in [-0.3, -0.25) is 9.59 Å². The monoisotopic (exact) mass is 464 g/mol. The molecule has 1 aliphatic carbocycles. The molecule has 5 rings (SSSR count). The number of carbonyl (C=O) groups excluding carboxylic acids is 2. The predicted octanol–water partition coefficient (Wildman–Crippen LogP) is 3.34. The maximum absolute atomic E-state index is 14.9. The molecule has 0 atom stereocenters. The molecule has 1 saturated heterocycles. The van der Waals surface area contributed by atoms with Crippen LogP contribution in [0.25, 0.3) is 11.3 Å². The zero-order chi connectivity index (χ0) is 23.0. The molecule has 0 unspecified atom stereocenters. The zero-order valence-electron chi connectivity index (χ0n) is 17.7. The number of aromatic nitrogens is 2. The first-order valence-electron chi connectivity index (χ1n) is 10.7. The van der Waals surface area contributed by atoms with Gasteiger partial charge in [0.05, 0.1) is 29.6 Å². The summed E-state index contributed by atoms with van der Waals surface area (Å²) in [4.78, 5) is 31.0. The van der Waals surface area contributed by atoms with E-state index in [1.807, 2.05) is 4.90 Å². The maximum Gasteiger partial charge on any atom is 0.253 e. The van der Waals surface area contributed by atoms with E-state index in [-0.39, 0.29) is 12.4 Å². The Balaban J connectivity index is 1.18. The number of rotatable bonds is 7. The fraction of sp³-hybridized carbons (Fsp3) is 0.304. The number of hydrogen-bond donors (Lipinski definition) is 2. The summed E-state index contributed by atoms with van der Waals surface area (Å²) in [6.07, 6.45) is 5.92. The second-order valence-electron chi connectivity index (χ2n) is 8.20. The quantitative estimate of drug-likeness (QED) is 0.558. The average Bonchev–Trinajstić information content (AvgIpc) is 3.17. The number of halogens is 1. The van der Waals surface area contributed by atoms with Crippen LogP contribution in [-0.4, -0.2) is 41.0 Å². The number of anilines is 2. The highest BCUT2D eigenvalue weighted by Crippen LogP contribution is 2.43. The van der Waals surface area contributed by atoms with Crippen LogP contribution in [0.4, 0.5) is 15.2 Å². The molecule has 2 fully saturated rings. The minimum atomic E-state index is -0.535. The Morgan fingerprint density at radius 3 is 2.79 bits per heavy atom. The van der Waals surface area contributed by atoms with E-state index in [4.69, 9.17) is 0 Å². The van der Waals surface area contributed by atoms with Crippen molar-refractivity contribution in [1.82, 2.24) is 14.9 Å². The summed E-state index contributed by atoms with van der Waals surface area (Å²) < 4.78 is 16.7. The minimum Gasteiger partial charge on any atom is -0.369 e. The Kier molecular flexibility index (Phi) is 5.34. The lowest BCUT2D eigenvalue weighted by atomic mass is 10.1. The number of nitrogens with zero attached hydrogens (tertiary/aromatic N) is 4. The molecule has 2 amide bonds. The van der Waals surface area contributed by atoms with Gasteiger partial charge in [0, 0.05) is 36.4 Å². The first kappa shape index (κ1) is 21.2. The van der Waals surface area contributed by atoms with E-state index in [0.29, 0.717) is 27.6 Å². The lowest BCUT2D eigenvalue weighted by molar-refractivity contribution is -0.115. The van der Waals surface area contributed by atoms with Gasteiger partial charge in [0.25, 0.3) is 5.91 Å². The van der Waals surface area contributed by atoms with E-state index >= 15 is 0 Å². The largest absolute Gasteiger partial charge is 0.369 e. The van der Waals surface area contributed by atoms with Crippen LogP contribution >= 0.6 is 11.3 Å². The van der Waals surface area contributed by atoms with Crippen LogP contribution in [0, 0.1) is 17.1 Å². The van der Waals surface area contributed by atoms with Gasteiger partial charge >= 0.3 is 0 Å². The molecule has 0 spiro atoms. The van der Waals surface area contributed by atoms with Crippen molar-refractivity contribution in [3.05, 3.63) is 53.4 Å². The van der Waals surface area contributed by atoms with Crippen LogP contribution in [0.5, 0.6) is 0 Å². The SMILES string of the molecule is N#CC1(n2ccc(C(=O)NCC(=O)Nc3nc(-c4cccc(N5CCC5)c4F)cs3)c2)CC1. The molecular formula is C23H21FN6O2S. The molecule has 2 aromatic heterocycles. The Morgan fingerprint density at radius 1 is 1.27 bits per heavy atom. The van der Waals surface area contributed by atoms with Gasteiger partial charge < -0.3 is 20.1 Å². The summed E-state index contributed by atoms with van der Waals surface area (Å²) in [5.74, 6) is -1.15. The molecule has 10 heteroatoms. The van der Waals surface area contributed by atoms with Gasteiger partial charge in [0.2, 0.25) is 5.91 Å². The lowest BCUT2D eigenvalue weighted by Crippen LogP contribution is -2.37. The fourth-order valence-corrected chi connectivity index (χ4v) is 4.47. The highest BCUT2D eigenvalue weighted by molar-refractivity contribution is 7.14. The summed E-state index contributed by atoms with van der Waals surface area (Å²) in [5, 5.41) is 16.5. The minimum absolute atomic E-state index is 0.235. The number of amides is 2. The number of carbonyl (C=O) groups is 2. The summed E-state index contributed by atoms with van der Waals surface area (Å²) in [5.41, 5.74) is 1.26. The van der Waals surface area contributed by atoms with Crippen LogP contribution in [0.1, 0.15) is 29.6 Å². The van der Waals surface area contributed by atoms with Crippen molar-refractivity contribution < 1.29 is 14.0 Å². The number of hydrogen-bond acceptors (Lipinski definition) is 6. The molecule has 8 nitrogen and oxygen atoms in total. The first-order valence-corrected chi connectivity index (χ1v) is 11.5. The highest BCUT2D eigenvalue weighted by atomic mass is 32.1. The molecule has 2 aliphatic rings. The van der Waals surface area contributed by atoms with Gasteiger partial charge in [-0.2, -0.15) is 5.26 Å². The van der Waals surface area contributed by atoms with E-state index in [1.54, 1.807) is 46.6 Å². The van der Waals surface area contributed by atoms with Crippen molar-refractivity contribution in [3.63, 3.8) is 0 Å². The fourth-order valence-electron chi connectivity index (χ4n) is 3.74. The Hall–Kier alpha value is -3.71. The van der Waals surface area contributed by atoms with E-state index in [9.17, 15) is 19.2 Å². The van der Waals surface area contributed by atoms with E-state index in [2.05, 4.69) is 21.7 Å². The Bertz CT molecular complexity index is 1270. The molecule has 33 heavy (non-hydrogen) atoms. The molecule has 3 heterocycles. The normalized spacial score (nSPS) is 15.9. The number of thiazole rings is 1. The van der Waals surface area contributed by atoms with Crippen molar-refractivity contribution in [2.75, 3.05) is 29.9 Å². The molecule has 1 aliphatic heterocycles. The van der Waals surface area contributed by atoms with Crippen LogP contribution in [0.15, 0.2) is 42.0 Å². The van der Waals surface area contributed by atoms with Crippen LogP contribution < -0.4 is 15.5 Å². The van der Waals surface area contributed by atoms with Crippen LogP contribution in [0.2, 0.25) is 0 Å². The third-order valence-corrected chi connectivity index (χ3v) is 6.75. The molecule has 0 bridgehead atoms. The van der Waals surface area contributed by atoms with Gasteiger partial charge in [0.15, 0.2) is 10.9 Å². The van der Waals surface area contributed by atoms with E-state index in [1.165, 1.54) is 11.3 Å².